The Balaban J connectivity index is 1.37. The third-order valence-electron chi connectivity index (χ3n) is 4.82. The van der Waals surface area contributed by atoms with Crippen LogP contribution in [0.1, 0.15) is 23.7 Å². The molecule has 29 heavy (non-hydrogen) atoms. The number of guanidine groups is 1. The van der Waals surface area contributed by atoms with Gasteiger partial charge in [0.05, 0.1) is 11.6 Å². The van der Waals surface area contributed by atoms with E-state index < -0.39 is 0 Å². The molecular formula is C20H32N8S. The number of rotatable bonds is 9. The van der Waals surface area contributed by atoms with Gasteiger partial charge >= 0.3 is 0 Å². The van der Waals surface area contributed by atoms with Gasteiger partial charge in [0.2, 0.25) is 5.95 Å². The Morgan fingerprint density at radius 2 is 1.90 bits per heavy atom. The Kier molecular flexibility index (Phi) is 8.63. The smallest absolute Gasteiger partial charge is 0.225 e. The molecule has 1 saturated heterocycles. The van der Waals surface area contributed by atoms with Gasteiger partial charge in [-0.3, -0.25) is 9.89 Å². The van der Waals surface area contributed by atoms with E-state index in [1.165, 1.54) is 9.88 Å². The van der Waals surface area contributed by atoms with Gasteiger partial charge in [0.25, 0.3) is 0 Å². The number of thiazole rings is 1. The van der Waals surface area contributed by atoms with E-state index in [-0.39, 0.29) is 0 Å². The Labute approximate surface area is 177 Å². The highest BCUT2D eigenvalue weighted by Gasteiger charge is 2.18. The van der Waals surface area contributed by atoms with Crippen molar-refractivity contribution < 1.29 is 0 Å². The highest BCUT2D eigenvalue weighted by molar-refractivity contribution is 7.11. The predicted molar refractivity (Wildman–Crippen MR) is 120 cm³/mol. The third kappa shape index (κ3) is 6.93. The van der Waals surface area contributed by atoms with Gasteiger partial charge in [0, 0.05) is 75.7 Å². The van der Waals surface area contributed by atoms with Gasteiger partial charge in [-0.2, -0.15) is 0 Å². The van der Waals surface area contributed by atoms with Crippen molar-refractivity contribution in [2.24, 2.45) is 4.99 Å². The average Bonchev–Trinajstić information content (AvgIpc) is 3.23. The summed E-state index contributed by atoms with van der Waals surface area (Å²) in [6.07, 6.45) is 7.58. The van der Waals surface area contributed by atoms with Crippen molar-refractivity contribution >= 4 is 23.2 Å². The third-order valence-corrected chi connectivity index (χ3v) is 6.02. The van der Waals surface area contributed by atoms with Crippen LogP contribution in [0.15, 0.2) is 29.6 Å². The number of nitrogens with one attached hydrogen (secondary N) is 2. The van der Waals surface area contributed by atoms with Gasteiger partial charge in [-0.1, -0.05) is 6.92 Å². The van der Waals surface area contributed by atoms with Gasteiger partial charge in [0.15, 0.2) is 5.96 Å². The molecule has 0 atom stereocenters. The minimum absolute atomic E-state index is 0.786. The van der Waals surface area contributed by atoms with Gasteiger partial charge in [-0.25, -0.2) is 15.0 Å². The molecule has 3 rings (SSSR count). The van der Waals surface area contributed by atoms with Crippen LogP contribution in [0.5, 0.6) is 0 Å². The van der Waals surface area contributed by atoms with E-state index in [4.69, 9.17) is 4.99 Å². The first kappa shape index (κ1) is 21.4. The fourth-order valence-electron chi connectivity index (χ4n) is 3.19. The van der Waals surface area contributed by atoms with E-state index in [9.17, 15) is 0 Å². The fraction of sp³-hybridized carbons (Fsp3) is 0.600. The molecule has 3 heterocycles. The lowest BCUT2D eigenvalue weighted by Crippen LogP contribution is -2.47. The molecule has 1 aliphatic rings. The van der Waals surface area contributed by atoms with E-state index in [0.29, 0.717) is 0 Å². The van der Waals surface area contributed by atoms with Crippen LogP contribution in [0.25, 0.3) is 0 Å². The standard InChI is InChI=1S/C20H32N8S/c1-3-17-16-26-18(29-17)6-9-22-19(21-4-2)23-10-11-27-12-14-28(15-13-27)20-24-7-5-8-25-20/h5,7-8,16H,3-4,6,9-15H2,1-2H3,(H2,21,22,23). The van der Waals surface area contributed by atoms with Gasteiger partial charge in [-0.15, -0.1) is 11.3 Å². The van der Waals surface area contributed by atoms with Crippen LogP contribution in [0.3, 0.4) is 0 Å². The Morgan fingerprint density at radius 1 is 1.10 bits per heavy atom. The monoisotopic (exact) mass is 416 g/mol. The first-order valence-electron chi connectivity index (χ1n) is 10.5. The lowest BCUT2D eigenvalue weighted by atomic mass is 10.3. The second-order valence-electron chi connectivity index (χ2n) is 6.89. The Morgan fingerprint density at radius 3 is 2.59 bits per heavy atom. The lowest BCUT2D eigenvalue weighted by molar-refractivity contribution is 0.263. The molecule has 0 radical (unpaired) electrons. The van der Waals surface area contributed by atoms with Crippen LogP contribution in [0.4, 0.5) is 5.95 Å². The minimum Gasteiger partial charge on any atom is -0.357 e. The summed E-state index contributed by atoms with van der Waals surface area (Å²) in [7, 11) is 0. The molecule has 2 aromatic rings. The Bertz CT molecular complexity index is 740. The summed E-state index contributed by atoms with van der Waals surface area (Å²) >= 11 is 1.80. The number of piperazine rings is 1. The molecule has 0 aliphatic carbocycles. The molecule has 0 saturated carbocycles. The number of hydrogen-bond acceptors (Lipinski definition) is 7. The molecule has 1 aliphatic heterocycles. The highest BCUT2D eigenvalue weighted by Crippen LogP contribution is 2.13. The first-order chi connectivity index (χ1) is 14.3. The summed E-state index contributed by atoms with van der Waals surface area (Å²) in [4.78, 5) is 23.9. The molecule has 158 valence electrons. The van der Waals surface area contributed by atoms with Crippen molar-refractivity contribution in [3.05, 3.63) is 34.5 Å². The minimum atomic E-state index is 0.786. The van der Waals surface area contributed by atoms with Crippen LogP contribution < -0.4 is 15.5 Å². The number of aromatic nitrogens is 3. The quantitative estimate of drug-likeness (QED) is 0.472. The van der Waals surface area contributed by atoms with Crippen molar-refractivity contribution in [1.82, 2.24) is 30.5 Å². The van der Waals surface area contributed by atoms with Crippen molar-refractivity contribution in [2.45, 2.75) is 26.7 Å². The summed E-state index contributed by atoms with van der Waals surface area (Å²) in [5, 5.41) is 7.94. The molecule has 0 bridgehead atoms. The molecule has 0 spiro atoms. The molecule has 0 aromatic carbocycles. The zero-order chi connectivity index (χ0) is 20.3. The molecule has 0 unspecified atom stereocenters. The summed E-state index contributed by atoms with van der Waals surface area (Å²) in [6.45, 7) is 11.7. The number of nitrogens with zero attached hydrogens (tertiary/aromatic N) is 6. The van der Waals surface area contributed by atoms with Crippen molar-refractivity contribution in [1.29, 1.82) is 0 Å². The molecule has 2 aromatic heterocycles. The van der Waals surface area contributed by atoms with Crippen LogP contribution in [-0.2, 0) is 12.8 Å². The molecular weight excluding hydrogens is 384 g/mol. The van der Waals surface area contributed by atoms with Crippen molar-refractivity contribution in [3.63, 3.8) is 0 Å². The molecule has 0 amide bonds. The van der Waals surface area contributed by atoms with E-state index in [0.717, 1.165) is 77.1 Å². The van der Waals surface area contributed by atoms with Crippen LogP contribution in [-0.4, -0.2) is 78.2 Å². The lowest BCUT2D eigenvalue weighted by Gasteiger charge is -2.34. The molecule has 2 N–H and O–H groups in total. The van der Waals surface area contributed by atoms with Crippen LogP contribution >= 0.6 is 11.3 Å². The average molecular weight is 417 g/mol. The zero-order valence-corrected chi connectivity index (χ0v) is 18.3. The summed E-state index contributed by atoms with van der Waals surface area (Å²) in [5.41, 5.74) is 0. The number of anilines is 1. The Hall–Kier alpha value is -2.26. The maximum Gasteiger partial charge on any atom is 0.225 e. The topological polar surface area (TPSA) is 81.6 Å². The fourth-order valence-corrected chi connectivity index (χ4v) is 4.05. The first-order valence-corrected chi connectivity index (χ1v) is 11.3. The SMILES string of the molecule is CCNC(=NCCN1CCN(c2ncccn2)CC1)NCCc1ncc(CC)s1. The van der Waals surface area contributed by atoms with Gasteiger partial charge in [-0.05, 0) is 19.4 Å². The van der Waals surface area contributed by atoms with E-state index in [2.05, 4.69) is 49.2 Å². The zero-order valence-electron chi connectivity index (χ0n) is 17.5. The summed E-state index contributed by atoms with van der Waals surface area (Å²) < 4.78 is 0. The van der Waals surface area contributed by atoms with Crippen LogP contribution in [0.2, 0.25) is 0 Å². The number of aliphatic imine (C=N–C) groups is 1. The summed E-state index contributed by atoms with van der Waals surface area (Å²) in [6, 6.07) is 1.85. The van der Waals surface area contributed by atoms with Crippen molar-refractivity contribution in [3.8, 4) is 0 Å². The second-order valence-corrected chi connectivity index (χ2v) is 8.09. The number of hydrogen-bond donors (Lipinski definition) is 2. The highest BCUT2D eigenvalue weighted by atomic mass is 32.1. The van der Waals surface area contributed by atoms with E-state index in [1.54, 1.807) is 23.7 Å². The van der Waals surface area contributed by atoms with Gasteiger partial charge in [0.1, 0.15) is 0 Å². The molecule has 8 nitrogen and oxygen atoms in total. The predicted octanol–water partition coefficient (Wildman–Crippen LogP) is 1.42. The maximum absolute atomic E-state index is 4.73. The van der Waals surface area contributed by atoms with E-state index >= 15 is 0 Å². The summed E-state index contributed by atoms with van der Waals surface area (Å²) in [5.74, 6) is 1.71. The normalized spacial score (nSPS) is 15.5. The largest absolute Gasteiger partial charge is 0.357 e. The van der Waals surface area contributed by atoms with Crippen LogP contribution in [0, 0.1) is 0 Å². The van der Waals surface area contributed by atoms with Crippen molar-refractivity contribution in [2.75, 3.05) is 57.3 Å². The van der Waals surface area contributed by atoms with E-state index in [1.807, 2.05) is 12.3 Å². The maximum atomic E-state index is 4.73. The molecule has 9 heteroatoms. The number of aryl methyl sites for hydroxylation is 1. The molecule has 1 fully saturated rings. The second kappa shape index (κ2) is 11.7. The van der Waals surface area contributed by atoms with Gasteiger partial charge < -0.3 is 15.5 Å².